The molecule has 0 unspecified atom stereocenters. The molecule has 1 aromatic carbocycles. The van der Waals surface area contributed by atoms with E-state index in [1.165, 1.54) is 13.0 Å². The van der Waals surface area contributed by atoms with E-state index in [0.29, 0.717) is 0 Å². The fourth-order valence-corrected chi connectivity index (χ4v) is 2.19. The van der Waals surface area contributed by atoms with Gasteiger partial charge in [-0.05, 0) is 24.6 Å². The minimum absolute atomic E-state index is 0.0980. The van der Waals surface area contributed by atoms with Gasteiger partial charge in [-0.25, -0.2) is 12.8 Å². The zero-order chi connectivity index (χ0) is 12.3. The van der Waals surface area contributed by atoms with E-state index < -0.39 is 15.8 Å². The molecule has 0 bridgehead atoms. The SMILES string of the molecule is C#CCNS(=O)(=O)c1cc(C)c(F)c(N)c1. The highest BCUT2D eigenvalue weighted by Crippen LogP contribution is 2.20. The predicted octanol–water partition coefficient (Wildman–Crippen LogP) is 0.628. The second kappa shape index (κ2) is 4.51. The molecule has 0 aliphatic heterocycles. The number of hydrogen-bond donors (Lipinski definition) is 2. The van der Waals surface area contributed by atoms with Crippen molar-refractivity contribution in [2.45, 2.75) is 11.8 Å². The molecule has 0 aliphatic carbocycles. The minimum Gasteiger partial charge on any atom is -0.396 e. The molecule has 0 aliphatic rings. The number of nitrogens with two attached hydrogens (primary N) is 1. The first-order chi connectivity index (χ1) is 7.38. The van der Waals surface area contributed by atoms with Crippen molar-refractivity contribution in [1.29, 1.82) is 0 Å². The number of halogens is 1. The Morgan fingerprint density at radius 1 is 1.56 bits per heavy atom. The Morgan fingerprint density at radius 3 is 2.69 bits per heavy atom. The number of nitrogens with one attached hydrogen (secondary N) is 1. The number of anilines is 1. The average Bonchev–Trinajstić information content (AvgIpc) is 2.22. The van der Waals surface area contributed by atoms with Crippen LogP contribution in [-0.2, 0) is 10.0 Å². The van der Waals surface area contributed by atoms with Gasteiger partial charge < -0.3 is 5.73 Å². The predicted molar refractivity (Wildman–Crippen MR) is 59.6 cm³/mol. The number of terminal acetylenes is 1. The third kappa shape index (κ3) is 2.51. The Morgan fingerprint density at radius 2 is 2.19 bits per heavy atom. The maximum Gasteiger partial charge on any atom is 0.241 e. The molecule has 0 saturated heterocycles. The lowest BCUT2D eigenvalue weighted by atomic mass is 10.2. The van der Waals surface area contributed by atoms with Crippen LogP contribution in [0.4, 0.5) is 10.1 Å². The summed E-state index contributed by atoms with van der Waals surface area (Å²) < 4.78 is 38.6. The first-order valence-corrected chi connectivity index (χ1v) is 5.85. The lowest BCUT2D eigenvalue weighted by molar-refractivity contribution is 0.584. The summed E-state index contributed by atoms with van der Waals surface area (Å²) in [5, 5.41) is 0. The fraction of sp³-hybridized carbons (Fsp3) is 0.200. The van der Waals surface area contributed by atoms with Crippen molar-refractivity contribution < 1.29 is 12.8 Å². The van der Waals surface area contributed by atoms with Crippen molar-refractivity contribution in [3.63, 3.8) is 0 Å². The van der Waals surface area contributed by atoms with E-state index in [2.05, 4.69) is 10.6 Å². The van der Waals surface area contributed by atoms with E-state index in [1.54, 1.807) is 0 Å². The molecule has 1 aromatic rings. The van der Waals surface area contributed by atoms with E-state index in [-0.39, 0.29) is 22.7 Å². The van der Waals surface area contributed by atoms with Gasteiger partial charge in [-0.3, -0.25) is 0 Å². The van der Waals surface area contributed by atoms with Crippen LogP contribution in [0, 0.1) is 25.1 Å². The molecule has 0 atom stereocenters. The Labute approximate surface area is 93.7 Å². The molecule has 0 radical (unpaired) electrons. The summed E-state index contributed by atoms with van der Waals surface area (Å²) in [6.45, 7) is 1.31. The Hall–Kier alpha value is -1.58. The van der Waals surface area contributed by atoms with Gasteiger partial charge in [0.05, 0.1) is 17.1 Å². The van der Waals surface area contributed by atoms with E-state index in [4.69, 9.17) is 12.2 Å². The van der Waals surface area contributed by atoms with Crippen molar-refractivity contribution >= 4 is 15.7 Å². The zero-order valence-electron chi connectivity index (χ0n) is 8.62. The van der Waals surface area contributed by atoms with Gasteiger partial charge in [-0.15, -0.1) is 6.42 Å². The summed E-state index contributed by atoms with van der Waals surface area (Å²) in [5.41, 5.74) is 5.30. The van der Waals surface area contributed by atoms with Gasteiger partial charge in [0.1, 0.15) is 5.82 Å². The van der Waals surface area contributed by atoms with E-state index in [0.717, 1.165) is 6.07 Å². The van der Waals surface area contributed by atoms with Crippen LogP contribution < -0.4 is 10.5 Å². The number of rotatable bonds is 3. The summed E-state index contributed by atoms with van der Waals surface area (Å²) in [4.78, 5) is -0.0980. The number of hydrogen-bond acceptors (Lipinski definition) is 3. The summed E-state index contributed by atoms with van der Waals surface area (Å²) in [6, 6.07) is 2.26. The second-order valence-corrected chi connectivity index (χ2v) is 4.94. The van der Waals surface area contributed by atoms with Crippen molar-refractivity contribution in [3.8, 4) is 12.3 Å². The molecule has 4 nitrogen and oxygen atoms in total. The van der Waals surface area contributed by atoms with Crippen LogP contribution in [0.2, 0.25) is 0 Å². The standard InChI is InChI=1S/C10H11FN2O2S/c1-3-4-13-16(14,15)8-5-7(2)10(11)9(12)6-8/h1,5-6,13H,4,12H2,2H3. The summed E-state index contributed by atoms with van der Waals surface area (Å²) in [7, 11) is -3.72. The highest BCUT2D eigenvalue weighted by Gasteiger charge is 2.16. The molecule has 0 fully saturated rings. The molecule has 86 valence electrons. The van der Waals surface area contributed by atoms with Crippen LogP contribution in [0.3, 0.4) is 0 Å². The minimum atomic E-state index is -3.72. The lowest BCUT2D eigenvalue weighted by Gasteiger charge is -2.07. The Balaban J connectivity index is 3.21. The highest BCUT2D eigenvalue weighted by atomic mass is 32.2. The van der Waals surface area contributed by atoms with Crippen LogP contribution in [0.15, 0.2) is 17.0 Å². The number of benzene rings is 1. The third-order valence-electron chi connectivity index (χ3n) is 1.93. The molecule has 0 heterocycles. The van der Waals surface area contributed by atoms with Gasteiger partial charge in [0, 0.05) is 0 Å². The normalized spacial score (nSPS) is 11.1. The monoisotopic (exact) mass is 242 g/mol. The average molecular weight is 242 g/mol. The van der Waals surface area contributed by atoms with Crippen LogP contribution in [-0.4, -0.2) is 15.0 Å². The fourth-order valence-electron chi connectivity index (χ4n) is 1.14. The topological polar surface area (TPSA) is 72.2 Å². The molecular weight excluding hydrogens is 231 g/mol. The van der Waals surface area contributed by atoms with Crippen LogP contribution >= 0.6 is 0 Å². The van der Waals surface area contributed by atoms with E-state index >= 15 is 0 Å². The number of nitrogen functional groups attached to an aromatic ring is 1. The maximum atomic E-state index is 13.2. The molecule has 0 saturated carbocycles. The molecule has 3 N–H and O–H groups in total. The smallest absolute Gasteiger partial charge is 0.241 e. The molecule has 1 rings (SSSR count). The molecule has 0 spiro atoms. The van der Waals surface area contributed by atoms with Crippen LogP contribution in [0.25, 0.3) is 0 Å². The lowest BCUT2D eigenvalue weighted by Crippen LogP contribution is -2.24. The van der Waals surface area contributed by atoms with E-state index in [1.807, 2.05) is 0 Å². The molecule has 6 heteroatoms. The Kier molecular flexibility index (Phi) is 3.52. The molecule has 0 amide bonds. The van der Waals surface area contributed by atoms with Gasteiger partial charge in [-0.1, -0.05) is 5.92 Å². The molecule has 16 heavy (non-hydrogen) atoms. The van der Waals surface area contributed by atoms with Crippen molar-refractivity contribution in [2.24, 2.45) is 0 Å². The third-order valence-corrected chi connectivity index (χ3v) is 3.31. The van der Waals surface area contributed by atoms with Crippen molar-refractivity contribution in [3.05, 3.63) is 23.5 Å². The van der Waals surface area contributed by atoms with Gasteiger partial charge in [-0.2, -0.15) is 4.72 Å². The van der Waals surface area contributed by atoms with Gasteiger partial charge in [0.25, 0.3) is 0 Å². The Bertz CT molecular complexity index is 523. The molecular formula is C10H11FN2O2S. The quantitative estimate of drug-likeness (QED) is 0.603. The van der Waals surface area contributed by atoms with Gasteiger partial charge in [0.15, 0.2) is 0 Å². The second-order valence-electron chi connectivity index (χ2n) is 3.17. The first kappa shape index (κ1) is 12.5. The highest BCUT2D eigenvalue weighted by molar-refractivity contribution is 7.89. The zero-order valence-corrected chi connectivity index (χ0v) is 9.44. The summed E-state index contributed by atoms with van der Waals surface area (Å²) in [6.07, 6.45) is 4.94. The van der Waals surface area contributed by atoms with Crippen LogP contribution in [0.5, 0.6) is 0 Å². The largest absolute Gasteiger partial charge is 0.396 e. The van der Waals surface area contributed by atoms with Gasteiger partial charge >= 0.3 is 0 Å². The first-order valence-electron chi connectivity index (χ1n) is 4.37. The number of aryl methyl sites for hydroxylation is 1. The van der Waals surface area contributed by atoms with E-state index in [9.17, 15) is 12.8 Å². The van der Waals surface area contributed by atoms with Crippen molar-refractivity contribution in [1.82, 2.24) is 4.72 Å². The summed E-state index contributed by atoms with van der Waals surface area (Å²) >= 11 is 0. The number of sulfonamides is 1. The van der Waals surface area contributed by atoms with Crippen molar-refractivity contribution in [2.75, 3.05) is 12.3 Å². The van der Waals surface area contributed by atoms with Gasteiger partial charge in [0.2, 0.25) is 10.0 Å². The van der Waals surface area contributed by atoms with Crippen LogP contribution in [0.1, 0.15) is 5.56 Å². The molecule has 0 aromatic heterocycles. The summed E-state index contributed by atoms with van der Waals surface area (Å²) in [5.74, 6) is 1.52. The maximum absolute atomic E-state index is 13.2.